The molecular weight excluding hydrogens is 214 g/mol. The molecule has 1 heterocycles. The molecular formula is C10H15NOS2. The van der Waals surface area contributed by atoms with Crippen molar-refractivity contribution in [3.05, 3.63) is 11.1 Å². The maximum absolute atomic E-state index is 11.4. The Morgan fingerprint density at radius 1 is 1.64 bits per heavy atom. The highest BCUT2D eigenvalue weighted by Crippen LogP contribution is 2.22. The van der Waals surface area contributed by atoms with Crippen molar-refractivity contribution >= 4 is 28.9 Å². The number of carbonyl (C=O) groups is 1. The van der Waals surface area contributed by atoms with E-state index < -0.39 is 0 Å². The van der Waals surface area contributed by atoms with E-state index in [9.17, 15) is 4.79 Å². The third kappa shape index (κ3) is 4.24. The van der Waals surface area contributed by atoms with Gasteiger partial charge in [0.2, 0.25) is 0 Å². The summed E-state index contributed by atoms with van der Waals surface area (Å²) in [4.78, 5) is 15.7. The van der Waals surface area contributed by atoms with Gasteiger partial charge in [-0.05, 0) is 12.8 Å². The molecule has 2 nitrogen and oxygen atoms in total. The van der Waals surface area contributed by atoms with Crippen LogP contribution in [-0.2, 0) is 4.79 Å². The second-order valence-corrected chi connectivity index (χ2v) is 5.76. The Morgan fingerprint density at radius 3 is 2.86 bits per heavy atom. The normalized spacial score (nSPS) is 10.9. The zero-order chi connectivity index (χ0) is 10.6. The van der Waals surface area contributed by atoms with Crippen molar-refractivity contribution in [3.63, 3.8) is 0 Å². The van der Waals surface area contributed by atoms with E-state index in [2.05, 4.69) is 18.8 Å². The third-order valence-corrected chi connectivity index (χ3v) is 3.79. The number of rotatable bonds is 5. The first-order valence-corrected chi connectivity index (χ1v) is 6.51. The standard InChI is InChI=1S/C10H15NOS2/c1-7(2)4-9(12)6-14-10-11-8(3)5-13-10/h5,7H,4,6H2,1-3H3. The zero-order valence-electron chi connectivity index (χ0n) is 8.74. The van der Waals surface area contributed by atoms with E-state index in [-0.39, 0.29) is 0 Å². The maximum Gasteiger partial charge on any atom is 0.150 e. The highest BCUT2D eigenvalue weighted by molar-refractivity contribution is 8.01. The van der Waals surface area contributed by atoms with Crippen LogP contribution in [-0.4, -0.2) is 16.5 Å². The average Bonchev–Trinajstić information content (AvgIpc) is 2.47. The lowest BCUT2D eigenvalue weighted by atomic mass is 10.1. The van der Waals surface area contributed by atoms with Gasteiger partial charge in [0.1, 0.15) is 5.78 Å². The zero-order valence-corrected chi connectivity index (χ0v) is 10.4. The summed E-state index contributed by atoms with van der Waals surface area (Å²) in [7, 11) is 0. The van der Waals surface area contributed by atoms with E-state index in [0.29, 0.717) is 23.9 Å². The van der Waals surface area contributed by atoms with Crippen molar-refractivity contribution in [3.8, 4) is 0 Å². The fourth-order valence-corrected chi connectivity index (χ4v) is 2.78. The number of aryl methyl sites for hydroxylation is 1. The number of aromatic nitrogens is 1. The van der Waals surface area contributed by atoms with Crippen molar-refractivity contribution in [2.45, 2.75) is 31.5 Å². The largest absolute Gasteiger partial charge is 0.299 e. The number of ketones is 1. The maximum atomic E-state index is 11.4. The van der Waals surface area contributed by atoms with Gasteiger partial charge in [0.15, 0.2) is 4.34 Å². The van der Waals surface area contributed by atoms with Crippen LogP contribution in [0.1, 0.15) is 26.0 Å². The SMILES string of the molecule is Cc1csc(SCC(=O)CC(C)C)n1. The molecule has 1 aromatic heterocycles. The van der Waals surface area contributed by atoms with Crippen molar-refractivity contribution in [2.24, 2.45) is 5.92 Å². The molecule has 4 heteroatoms. The molecule has 0 bridgehead atoms. The van der Waals surface area contributed by atoms with E-state index in [0.717, 1.165) is 10.0 Å². The number of carbonyl (C=O) groups excluding carboxylic acids is 1. The molecule has 1 aromatic rings. The van der Waals surface area contributed by atoms with Crippen LogP contribution < -0.4 is 0 Å². The van der Waals surface area contributed by atoms with Crippen molar-refractivity contribution in [1.82, 2.24) is 4.98 Å². The fraction of sp³-hybridized carbons (Fsp3) is 0.600. The molecule has 0 aromatic carbocycles. The molecule has 14 heavy (non-hydrogen) atoms. The quantitative estimate of drug-likeness (QED) is 0.726. The van der Waals surface area contributed by atoms with Crippen molar-refractivity contribution in [2.75, 3.05) is 5.75 Å². The van der Waals surface area contributed by atoms with Gasteiger partial charge in [0.25, 0.3) is 0 Å². The second kappa shape index (κ2) is 5.51. The van der Waals surface area contributed by atoms with Gasteiger partial charge in [0.05, 0.1) is 5.75 Å². The monoisotopic (exact) mass is 229 g/mol. The molecule has 78 valence electrons. The molecule has 0 unspecified atom stereocenters. The van der Waals surface area contributed by atoms with Gasteiger partial charge in [-0.25, -0.2) is 4.98 Å². The van der Waals surface area contributed by atoms with Crippen LogP contribution in [0.3, 0.4) is 0 Å². The van der Waals surface area contributed by atoms with E-state index in [1.54, 1.807) is 23.1 Å². The summed E-state index contributed by atoms with van der Waals surface area (Å²) in [5.41, 5.74) is 1.04. The summed E-state index contributed by atoms with van der Waals surface area (Å²) in [6.07, 6.45) is 0.678. The number of hydrogen-bond acceptors (Lipinski definition) is 4. The lowest BCUT2D eigenvalue weighted by molar-refractivity contribution is -0.117. The summed E-state index contributed by atoms with van der Waals surface area (Å²) in [5.74, 6) is 1.34. The van der Waals surface area contributed by atoms with Gasteiger partial charge in [-0.3, -0.25) is 4.79 Å². The van der Waals surface area contributed by atoms with Gasteiger partial charge in [0, 0.05) is 17.5 Å². The molecule has 0 fully saturated rings. The fourth-order valence-electron chi connectivity index (χ4n) is 1.06. The molecule has 0 aliphatic rings. The van der Waals surface area contributed by atoms with E-state index in [1.165, 1.54) is 0 Å². The van der Waals surface area contributed by atoms with Gasteiger partial charge in [-0.2, -0.15) is 0 Å². The van der Waals surface area contributed by atoms with Crippen LogP contribution in [0.4, 0.5) is 0 Å². The van der Waals surface area contributed by atoms with Crippen LogP contribution in [0, 0.1) is 12.8 Å². The predicted octanol–water partition coefficient (Wildman–Crippen LogP) is 3.16. The Balaban J connectivity index is 2.30. The van der Waals surface area contributed by atoms with Crippen LogP contribution in [0.2, 0.25) is 0 Å². The van der Waals surface area contributed by atoms with E-state index >= 15 is 0 Å². The lowest BCUT2D eigenvalue weighted by Gasteiger charge is -2.01. The Labute approximate surface area is 93.1 Å². The number of hydrogen-bond donors (Lipinski definition) is 0. The van der Waals surface area contributed by atoms with Crippen LogP contribution in [0.15, 0.2) is 9.72 Å². The van der Waals surface area contributed by atoms with Gasteiger partial charge in [-0.15, -0.1) is 11.3 Å². The molecule has 0 saturated carbocycles. The number of Topliss-reactive ketones (excluding diaryl/α,β-unsaturated/α-hetero) is 1. The topological polar surface area (TPSA) is 30.0 Å². The number of thiazole rings is 1. The molecule has 0 spiro atoms. The van der Waals surface area contributed by atoms with Crippen LogP contribution in [0.25, 0.3) is 0 Å². The van der Waals surface area contributed by atoms with E-state index in [1.807, 2.05) is 12.3 Å². The second-order valence-electron chi connectivity index (χ2n) is 3.68. The molecule has 0 atom stereocenters. The minimum Gasteiger partial charge on any atom is -0.299 e. The minimum absolute atomic E-state index is 0.317. The molecule has 0 N–H and O–H groups in total. The first-order valence-electron chi connectivity index (χ1n) is 4.64. The highest BCUT2D eigenvalue weighted by atomic mass is 32.2. The molecule has 0 aliphatic carbocycles. The van der Waals surface area contributed by atoms with Crippen LogP contribution in [0.5, 0.6) is 0 Å². The van der Waals surface area contributed by atoms with E-state index in [4.69, 9.17) is 0 Å². The Morgan fingerprint density at radius 2 is 2.36 bits per heavy atom. The summed E-state index contributed by atoms with van der Waals surface area (Å²) >= 11 is 3.16. The van der Waals surface area contributed by atoms with Gasteiger partial charge >= 0.3 is 0 Å². The number of thioether (sulfide) groups is 1. The van der Waals surface area contributed by atoms with Crippen molar-refractivity contribution < 1.29 is 4.79 Å². The predicted molar refractivity (Wildman–Crippen MR) is 62.0 cm³/mol. The molecule has 0 radical (unpaired) electrons. The third-order valence-electron chi connectivity index (χ3n) is 1.59. The summed E-state index contributed by atoms with van der Waals surface area (Å²) < 4.78 is 1.000. The molecule has 0 aliphatic heterocycles. The Bertz CT molecular complexity index is 307. The van der Waals surface area contributed by atoms with Gasteiger partial charge < -0.3 is 0 Å². The van der Waals surface area contributed by atoms with Gasteiger partial charge in [-0.1, -0.05) is 25.6 Å². The summed E-state index contributed by atoms with van der Waals surface area (Å²) in [6.45, 7) is 6.10. The Kier molecular flexibility index (Phi) is 4.62. The smallest absolute Gasteiger partial charge is 0.150 e. The molecule has 1 rings (SSSR count). The Hall–Kier alpha value is -0.350. The number of nitrogens with zero attached hydrogens (tertiary/aromatic N) is 1. The first kappa shape index (κ1) is 11.7. The van der Waals surface area contributed by atoms with Crippen molar-refractivity contribution in [1.29, 1.82) is 0 Å². The summed E-state index contributed by atoms with van der Waals surface area (Å²) in [5, 5.41) is 2.01. The average molecular weight is 229 g/mol. The molecule has 0 amide bonds. The molecule has 0 saturated heterocycles. The van der Waals surface area contributed by atoms with Crippen LogP contribution >= 0.6 is 23.1 Å². The summed E-state index contributed by atoms with van der Waals surface area (Å²) in [6, 6.07) is 0. The first-order chi connectivity index (χ1) is 6.58. The highest BCUT2D eigenvalue weighted by Gasteiger charge is 2.07. The minimum atomic E-state index is 0.317. The lowest BCUT2D eigenvalue weighted by Crippen LogP contribution is -2.05.